The molecule has 0 aromatic carbocycles. The molecule has 90 valence electrons. The van der Waals surface area contributed by atoms with Crippen LogP contribution in [0.1, 0.15) is 16.9 Å². The van der Waals surface area contributed by atoms with Crippen molar-refractivity contribution in [1.82, 2.24) is 9.97 Å². The summed E-state index contributed by atoms with van der Waals surface area (Å²) in [6.45, 7) is 1.80. The molecule has 0 fully saturated rings. The van der Waals surface area contributed by atoms with Crippen LogP contribution in [0.15, 0.2) is 9.59 Å². The van der Waals surface area contributed by atoms with E-state index in [4.69, 9.17) is 5.11 Å². The summed E-state index contributed by atoms with van der Waals surface area (Å²) in [5, 5.41) is 8.62. The number of aromatic nitrogens is 2. The second-order valence-corrected chi connectivity index (χ2v) is 4.76. The molecule has 0 saturated carbocycles. The highest BCUT2D eigenvalue weighted by atomic mass is 32.1. The molecule has 0 bridgehead atoms. The van der Waals surface area contributed by atoms with Crippen LogP contribution in [-0.4, -0.2) is 21.0 Å². The maximum absolute atomic E-state index is 11.2. The van der Waals surface area contributed by atoms with E-state index in [2.05, 4.69) is 9.97 Å². The molecule has 0 radical (unpaired) electrons. The largest absolute Gasteiger partial charge is 0.481 e. The van der Waals surface area contributed by atoms with Gasteiger partial charge in [0, 0.05) is 4.88 Å². The van der Waals surface area contributed by atoms with Crippen LogP contribution in [0.5, 0.6) is 0 Å². The van der Waals surface area contributed by atoms with E-state index in [1.54, 1.807) is 6.92 Å². The molecule has 0 aliphatic rings. The highest BCUT2D eigenvalue weighted by molar-refractivity contribution is 7.18. The average Bonchev–Trinajstić information content (AvgIpc) is 2.54. The third-order valence-corrected chi connectivity index (χ3v) is 3.75. The molecule has 0 unspecified atom stereocenters. The van der Waals surface area contributed by atoms with Crippen molar-refractivity contribution in [2.24, 2.45) is 0 Å². The van der Waals surface area contributed by atoms with Crippen LogP contribution in [0, 0.1) is 6.92 Å². The van der Waals surface area contributed by atoms with Crippen molar-refractivity contribution in [1.29, 1.82) is 0 Å². The van der Waals surface area contributed by atoms with Gasteiger partial charge in [-0.25, -0.2) is 0 Å². The first-order valence-electron chi connectivity index (χ1n) is 4.95. The molecule has 2 aromatic heterocycles. The number of nitrogens with one attached hydrogen (secondary N) is 2. The molecule has 0 atom stereocenters. The molecule has 17 heavy (non-hydrogen) atoms. The molecular weight excluding hydrogens is 244 g/mol. The van der Waals surface area contributed by atoms with Gasteiger partial charge in [0.15, 0.2) is 0 Å². The number of rotatable bonds is 3. The Morgan fingerprint density at radius 3 is 2.59 bits per heavy atom. The van der Waals surface area contributed by atoms with E-state index in [-0.39, 0.29) is 6.42 Å². The Kier molecular flexibility index (Phi) is 2.84. The summed E-state index contributed by atoms with van der Waals surface area (Å²) in [6, 6.07) is 0. The number of aromatic amines is 2. The fraction of sp³-hybridized carbons (Fsp3) is 0.300. The maximum Gasteiger partial charge on any atom is 0.314 e. The van der Waals surface area contributed by atoms with Crippen LogP contribution in [0.25, 0.3) is 10.3 Å². The molecule has 2 heterocycles. The number of carboxylic acids is 1. The number of carbonyl (C=O) groups is 1. The lowest BCUT2D eigenvalue weighted by Crippen LogP contribution is -2.28. The van der Waals surface area contributed by atoms with E-state index in [1.807, 2.05) is 0 Å². The molecule has 0 saturated heterocycles. The Labute approximate surface area is 98.9 Å². The van der Waals surface area contributed by atoms with E-state index in [0.29, 0.717) is 16.8 Å². The van der Waals surface area contributed by atoms with Crippen LogP contribution >= 0.6 is 11.3 Å². The van der Waals surface area contributed by atoms with Crippen LogP contribution in [0.4, 0.5) is 0 Å². The average molecular weight is 254 g/mol. The molecule has 3 N–H and O–H groups in total. The van der Waals surface area contributed by atoms with E-state index < -0.39 is 17.1 Å². The number of carboxylic acid groups (broad SMARTS) is 1. The van der Waals surface area contributed by atoms with Gasteiger partial charge in [0.1, 0.15) is 4.83 Å². The summed E-state index contributed by atoms with van der Waals surface area (Å²) < 4.78 is 0. The quantitative estimate of drug-likeness (QED) is 0.698. The lowest BCUT2D eigenvalue weighted by molar-refractivity contribution is -0.136. The summed E-state index contributed by atoms with van der Waals surface area (Å²) in [6.07, 6.45) is 0.423. The van der Waals surface area contributed by atoms with Gasteiger partial charge in [-0.3, -0.25) is 14.4 Å². The summed E-state index contributed by atoms with van der Waals surface area (Å²) in [5.41, 5.74) is 0.0197. The van der Waals surface area contributed by atoms with Gasteiger partial charge in [-0.2, -0.15) is 0 Å². The predicted molar refractivity (Wildman–Crippen MR) is 63.8 cm³/mol. The molecular formula is C10H10N2O4S. The molecule has 0 spiro atoms. The monoisotopic (exact) mass is 254 g/mol. The highest BCUT2D eigenvalue weighted by Gasteiger charge is 2.12. The second-order valence-electron chi connectivity index (χ2n) is 3.66. The van der Waals surface area contributed by atoms with Crippen LogP contribution in [0.2, 0.25) is 0 Å². The zero-order valence-corrected chi connectivity index (χ0v) is 9.81. The first kappa shape index (κ1) is 11.6. The van der Waals surface area contributed by atoms with Gasteiger partial charge in [0.05, 0.1) is 11.9 Å². The van der Waals surface area contributed by atoms with Crippen LogP contribution in [-0.2, 0) is 11.2 Å². The first-order chi connectivity index (χ1) is 7.99. The number of hydrogen-bond acceptors (Lipinski definition) is 4. The van der Waals surface area contributed by atoms with Crippen molar-refractivity contribution >= 4 is 27.7 Å². The fourth-order valence-electron chi connectivity index (χ4n) is 1.59. The summed E-state index contributed by atoms with van der Waals surface area (Å²) in [5.74, 6) is -0.871. The van der Waals surface area contributed by atoms with Gasteiger partial charge in [-0.1, -0.05) is 0 Å². The molecule has 2 rings (SSSR count). The van der Waals surface area contributed by atoms with E-state index in [0.717, 1.165) is 10.4 Å². The smallest absolute Gasteiger partial charge is 0.314 e. The minimum Gasteiger partial charge on any atom is -0.481 e. The van der Waals surface area contributed by atoms with Crippen LogP contribution in [0.3, 0.4) is 0 Å². The molecule has 7 heteroatoms. The zero-order chi connectivity index (χ0) is 12.6. The number of thiophene rings is 1. The van der Waals surface area contributed by atoms with Gasteiger partial charge < -0.3 is 15.1 Å². The number of aryl methyl sites for hydroxylation is 2. The maximum atomic E-state index is 11.2. The summed E-state index contributed by atoms with van der Waals surface area (Å²) >= 11 is 1.30. The first-order valence-corrected chi connectivity index (χ1v) is 5.77. The molecule has 0 aliphatic heterocycles. The van der Waals surface area contributed by atoms with Crippen molar-refractivity contribution in [2.45, 2.75) is 19.8 Å². The zero-order valence-electron chi connectivity index (χ0n) is 8.99. The van der Waals surface area contributed by atoms with E-state index >= 15 is 0 Å². The lowest BCUT2D eigenvalue weighted by Gasteiger charge is -1.95. The normalized spacial score (nSPS) is 10.9. The van der Waals surface area contributed by atoms with Gasteiger partial charge in [-0.15, -0.1) is 11.3 Å². The molecule has 0 amide bonds. The van der Waals surface area contributed by atoms with E-state index in [1.165, 1.54) is 11.3 Å². The van der Waals surface area contributed by atoms with Crippen molar-refractivity contribution in [3.8, 4) is 0 Å². The van der Waals surface area contributed by atoms with Crippen molar-refractivity contribution in [3.63, 3.8) is 0 Å². The van der Waals surface area contributed by atoms with Crippen molar-refractivity contribution < 1.29 is 9.90 Å². The standard InChI is InChI=1S/C10H10N2O4S/c1-4-5(2-3-6(13)14)17-10-7(4)11-8(15)9(16)12-10/h2-3H2,1H3,(H,11,15)(H,12,16)(H,13,14). The third kappa shape index (κ3) is 2.14. The highest BCUT2D eigenvalue weighted by Crippen LogP contribution is 2.27. The van der Waals surface area contributed by atoms with Crippen molar-refractivity contribution in [2.75, 3.05) is 0 Å². The van der Waals surface area contributed by atoms with E-state index in [9.17, 15) is 14.4 Å². The summed E-state index contributed by atoms with van der Waals surface area (Å²) in [7, 11) is 0. The lowest BCUT2D eigenvalue weighted by atomic mass is 10.2. The Balaban J connectivity index is 2.53. The number of hydrogen-bond donors (Lipinski definition) is 3. The van der Waals surface area contributed by atoms with Gasteiger partial charge >= 0.3 is 17.1 Å². The predicted octanol–water partition coefficient (Wildman–Crippen LogP) is 0.604. The Morgan fingerprint density at radius 2 is 1.94 bits per heavy atom. The van der Waals surface area contributed by atoms with Gasteiger partial charge in [0.25, 0.3) is 0 Å². The van der Waals surface area contributed by atoms with Gasteiger partial charge in [-0.05, 0) is 18.9 Å². The topological polar surface area (TPSA) is 103 Å². The Bertz CT molecular complexity index is 694. The molecule has 0 aliphatic carbocycles. The number of aliphatic carboxylic acids is 1. The Hall–Kier alpha value is -1.89. The SMILES string of the molecule is Cc1c(CCC(=O)O)sc2[nH]c(=O)c(=O)[nH]c12. The third-order valence-electron chi connectivity index (χ3n) is 2.48. The molecule has 2 aromatic rings. The van der Waals surface area contributed by atoms with Gasteiger partial charge in [0.2, 0.25) is 0 Å². The Morgan fingerprint density at radius 1 is 1.29 bits per heavy atom. The number of fused-ring (bicyclic) bond motifs is 1. The minimum absolute atomic E-state index is 0.0299. The fourth-order valence-corrected chi connectivity index (χ4v) is 2.74. The van der Waals surface area contributed by atoms with Crippen LogP contribution < -0.4 is 11.1 Å². The summed E-state index contributed by atoms with van der Waals surface area (Å²) in [4.78, 5) is 39.2. The minimum atomic E-state index is -0.871. The van der Waals surface area contributed by atoms with Crippen molar-refractivity contribution in [3.05, 3.63) is 31.1 Å². The number of H-pyrrole nitrogens is 2. The second kappa shape index (κ2) is 4.17. The molecule has 6 nitrogen and oxygen atoms in total.